The molecule has 0 aliphatic carbocycles. The van der Waals surface area contributed by atoms with E-state index in [9.17, 15) is 9.59 Å². The molecule has 3 heteroatoms. The zero-order chi connectivity index (χ0) is 5.86. The third-order valence-electron chi connectivity index (χ3n) is 0.498. The van der Waals surface area contributed by atoms with E-state index in [4.69, 9.17) is 0 Å². The Morgan fingerprint density at radius 2 is 1.38 bits per heavy atom. The van der Waals surface area contributed by atoms with Gasteiger partial charge >= 0.3 is 17.1 Å². The first-order valence-corrected chi connectivity index (χ1v) is 2.12. The average molecular weight is 155 g/mol. The Kier molecular flexibility index (Phi) is 6.74. The van der Waals surface area contributed by atoms with Crippen LogP contribution < -0.4 is 0 Å². The number of carbonyl (C=O) groups excluding carboxylic acids is 2. The summed E-state index contributed by atoms with van der Waals surface area (Å²) in [5.74, 6) is -0.125. The van der Waals surface area contributed by atoms with Crippen LogP contribution in [0.4, 0.5) is 0 Å². The Labute approximate surface area is 59.1 Å². The maximum Gasteiger partial charge on any atom is 2.00 e. The zero-order valence-electron chi connectivity index (χ0n) is 4.90. The molecule has 0 N–H and O–H groups in total. The fraction of sp³-hybridized carbons (Fsp3) is 0.600. The number of rotatable bonds is 2. The van der Waals surface area contributed by atoms with Crippen LogP contribution in [0.3, 0.4) is 0 Å². The second-order valence-electron chi connectivity index (χ2n) is 1.58. The van der Waals surface area contributed by atoms with E-state index in [-0.39, 0.29) is 35.1 Å². The molecule has 0 saturated carbocycles. The average Bonchev–Trinajstić information content (AvgIpc) is 1.27. The van der Waals surface area contributed by atoms with Crippen LogP contribution in [0, 0.1) is 0 Å². The first kappa shape index (κ1) is 10.8. The summed E-state index contributed by atoms with van der Waals surface area (Å²) in [5, 5.41) is 0. The van der Waals surface area contributed by atoms with Gasteiger partial charge in [-0.3, -0.25) is 9.59 Å². The van der Waals surface area contributed by atoms with Crippen molar-refractivity contribution >= 4 is 11.6 Å². The number of carbonyl (C=O) groups is 2. The van der Waals surface area contributed by atoms with Gasteiger partial charge in [0.25, 0.3) is 0 Å². The van der Waals surface area contributed by atoms with Gasteiger partial charge in [0.05, 0.1) is 6.42 Å². The van der Waals surface area contributed by atoms with Crippen LogP contribution in [0.25, 0.3) is 0 Å². The Morgan fingerprint density at radius 1 is 1.12 bits per heavy atom. The molecule has 0 heterocycles. The van der Waals surface area contributed by atoms with Crippen LogP contribution in [0.5, 0.6) is 0 Å². The van der Waals surface area contributed by atoms with Crippen molar-refractivity contribution in [3.63, 3.8) is 0 Å². The van der Waals surface area contributed by atoms with Crippen LogP contribution in [0.2, 0.25) is 0 Å². The monoisotopic (exact) mass is 155 g/mol. The summed E-state index contributed by atoms with van der Waals surface area (Å²) in [6.07, 6.45) is 0.0833. The molecular weight excluding hydrogens is 147 g/mol. The first-order valence-electron chi connectivity index (χ1n) is 2.12. The molecular formula is C5H8MnO2+2. The van der Waals surface area contributed by atoms with Gasteiger partial charge in [0.2, 0.25) is 0 Å². The van der Waals surface area contributed by atoms with Gasteiger partial charge in [-0.25, -0.2) is 0 Å². The van der Waals surface area contributed by atoms with Crippen molar-refractivity contribution in [3.8, 4) is 0 Å². The Balaban J connectivity index is 0. The van der Waals surface area contributed by atoms with Crippen LogP contribution in [0.1, 0.15) is 20.3 Å². The quantitative estimate of drug-likeness (QED) is 0.431. The number of hydrogen-bond acceptors (Lipinski definition) is 2. The molecule has 0 saturated heterocycles. The van der Waals surface area contributed by atoms with Crippen LogP contribution >= 0.6 is 0 Å². The molecule has 0 spiro atoms. The van der Waals surface area contributed by atoms with E-state index in [0.717, 1.165) is 0 Å². The molecule has 0 aliphatic heterocycles. The SMILES string of the molecule is CC(=O)CC(C)=O.[Mn+2]. The maximum absolute atomic E-state index is 10.0. The second-order valence-corrected chi connectivity index (χ2v) is 1.58. The molecule has 8 heavy (non-hydrogen) atoms. The van der Waals surface area contributed by atoms with Crippen molar-refractivity contribution < 1.29 is 26.7 Å². The van der Waals surface area contributed by atoms with Crippen molar-refractivity contribution in [1.82, 2.24) is 0 Å². The summed E-state index contributed by atoms with van der Waals surface area (Å²) >= 11 is 0. The standard InChI is InChI=1S/C5H8O2.Mn/c1-4(6)3-5(2)7;/h3H2,1-2H3;/q;+2. The normalized spacial score (nSPS) is 7.25. The summed E-state index contributed by atoms with van der Waals surface area (Å²) in [4.78, 5) is 20.1. The number of Topliss-reactive ketones (excluding diaryl/α,β-unsaturated/α-hetero) is 2. The smallest absolute Gasteiger partial charge is 0.300 e. The second kappa shape index (κ2) is 5.01. The Hall–Kier alpha value is -0.141. The molecule has 0 aromatic carbocycles. The molecule has 1 radical (unpaired) electrons. The summed E-state index contributed by atoms with van der Waals surface area (Å²) in [6.45, 7) is 2.81. The van der Waals surface area contributed by atoms with Gasteiger partial charge in [-0.15, -0.1) is 0 Å². The van der Waals surface area contributed by atoms with E-state index in [1.165, 1.54) is 13.8 Å². The minimum absolute atomic E-state index is 0. The maximum atomic E-state index is 10.0. The van der Waals surface area contributed by atoms with Crippen molar-refractivity contribution in [2.24, 2.45) is 0 Å². The predicted molar refractivity (Wildman–Crippen MR) is 26.0 cm³/mol. The number of ketones is 2. The summed E-state index contributed by atoms with van der Waals surface area (Å²) in [7, 11) is 0. The van der Waals surface area contributed by atoms with Crippen LogP contribution in [0.15, 0.2) is 0 Å². The van der Waals surface area contributed by atoms with E-state index in [1.807, 2.05) is 0 Å². The minimum atomic E-state index is -0.0625. The van der Waals surface area contributed by atoms with Gasteiger partial charge in [-0.2, -0.15) is 0 Å². The third kappa shape index (κ3) is 9.29. The van der Waals surface area contributed by atoms with E-state index in [0.29, 0.717) is 0 Å². The topological polar surface area (TPSA) is 34.1 Å². The van der Waals surface area contributed by atoms with Crippen molar-refractivity contribution in [2.45, 2.75) is 20.3 Å². The molecule has 0 aromatic heterocycles. The Morgan fingerprint density at radius 3 is 1.38 bits per heavy atom. The van der Waals surface area contributed by atoms with Crippen LogP contribution in [-0.4, -0.2) is 11.6 Å². The molecule has 0 fully saturated rings. The first-order chi connectivity index (χ1) is 3.13. The molecule has 0 aliphatic rings. The van der Waals surface area contributed by atoms with Crippen molar-refractivity contribution in [2.75, 3.05) is 0 Å². The predicted octanol–water partition coefficient (Wildman–Crippen LogP) is 0.552. The van der Waals surface area contributed by atoms with Gasteiger partial charge in [0, 0.05) is 0 Å². The molecule has 45 valence electrons. The summed E-state index contributed by atoms with van der Waals surface area (Å²) in [6, 6.07) is 0. The van der Waals surface area contributed by atoms with Gasteiger partial charge in [0.15, 0.2) is 0 Å². The fourth-order valence-electron chi connectivity index (χ4n) is 0.351. The van der Waals surface area contributed by atoms with Gasteiger partial charge in [0.1, 0.15) is 11.6 Å². The zero-order valence-corrected chi connectivity index (χ0v) is 6.08. The van der Waals surface area contributed by atoms with Gasteiger partial charge in [-0.05, 0) is 13.8 Å². The molecule has 0 rings (SSSR count). The molecule has 0 bridgehead atoms. The van der Waals surface area contributed by atoms with E-state index in [2.05, 4.69) is 0 Å². The molecule has 0 unspecified atom stereocenters. The molecule has 2 nitrogen and oxygen atoms in total. The fourth-order valence-corrected chi connectivity index (χ4v) is 0.351. The van der Waals surface area contributed by atoms with Crippen LogP contribution in [-0.2, 0) is 26.7 Å². The number of hydrogen-bond donors (Lipinski definition) is 0. The van der Waals surface area contributed by atoms with E-state index in [1.54, 1.807) is 0 Å². The summed E-state index contributed by atoms with van der Waals surface area (Å²) in [5.41, 5.74) is 0. The molecule has 0 amide bonds. The molecule has 0 aromatic rings. The van der Waals surface area contributed by atoms with Gasteiger partial charge in [-0.1, -0.05) is 0 Å². The van der Waals surface area contributed by atoms with E-state index >= 15 is 0 Å². The minimum Gasteiger partial charge on any atom is -0.300 e. The largest absolute Gasteiger partial charge is 2.00 e. The van der Waals surface area contributed by atoms with Crippen molar-refractivity contribution in [1.29, 1.82) is 0 Å². The summed E-state index contributed by atoms with van der Waals surface area (Å²) < 4.78 is 0. The Bertz CT molecular complexity index is 86.6. The van der Waals surface area contributed by atoms with Crippen molar-refractivity contribution in [3.05, 3.63) is 0 Å². The van der Waals surface area contributed by atoms with E-state index < -0.39 is 0 Å². The third-order valence-corrected chi connectivity index (χ3v) is 0.498. The molecule has 0 atom stereocenters. The van der Waals surface area contributed by atoms with Gasteiger partial charge < -0.3 is 0 Å².